The summed E-state index contributed by atoms with van der Waals surface area (Å²) in [5.41, 5.74) is 0. The van der Waals surface area contributed by atoms with Crippen LogP contribution in [0.1, 0.15) is 20.3 Å². The van der Waals surface area contributed by atoms with Gasteiger partial charge in [-0.15, -0.1) is 0 Å². The number of nitrogens with zero attached hydrogens (tertiary/aromatic N) is 1. The van der Waals surface area contributed by atoms with Gasteiger partial charge in [0.1, 0.15) is 5.78 Å². The standard InChI is InChI=1S/C9H14N2O3/c1-3-7(12)6(2)11-4-8(13)10-9(14)5-11/h6H,3-5H2,1-2H3,(H,10,13,14). The van der Waals surface area contributed by atoms with Crippen LogP contribution in [0.25, 0.3) is 0 Å². The second kappa shape index (κ2) is 4.32. The van der Waals surface area contributed by atoms with Crippen molar-refractivity contribution in [2.24, 2.45) is 0 Å². The maximum absolute atomic E-state index is 11.3. The van der Waals surface area contributed by atoms with E-state index in [0.717, 1.165) is 0 Å². The van der Waals surface area contributed by atoms with Crippen LogP contribution in [0.15, 0.2) is 0 Å². The Labute approximate surface area is 82.4 Å². The molecule has 0 saturated carbocycles. The Morgan fingerprint density at radius 2 is 1.93 bits per heavy atom. The fourth-order valence-electron chi connectivity index (χ4n) is 1.43. The fraction of sp³-hybridized carbons (Fsp3) is 0.667. The number of ketones is 1. The van der Waals surface area contributed by atoms with E-state index in [4.69, 9.17) is 0 Å². The first kappa shape index (κ1) is 10.8. The molecule has 1 aliphatic rings. The number of piperazine rings is 1. The van der Waals surface area contributed by atoms with Crippen molar-refractivity contribution >= 4 is 17.6 Å². The van der Waals surface area contributed by atoms with E-state index in [1.807, 2.05) is 0 Å². The van der Waals surface area contributed by atoms with E-state index in [2.05, 4.69) is 5.32 Å². The van der Waals surface area contributed by atoms with E-state index in [0.29, 0.717) is 6.42 Å². The summed E-state index contributed by atoms with van der Waals surface area (Å²) in [4.78, 5) is 35.0. The first-order chi connectivity index (χ1) is 6.54. The number of nitrogens with one attached hydrogen (secondary N) is 1. The van der Waals surface area contributed by atoms with Gasteiger partial charge in [-0.1, -0.05) is 6.92 Å². The molecule has 0 aromatic rings. The molecule has 78 valence electrons. The van der Waals surface area contributed by atoms with Crippen LogP contribution in [0.5, 0.6) is 0 Å². The van der Waals surface area contributed by atoms with Crippen molar-refractivity contribution in [2.75, 3.05) is 13.1 Å². The van der Waals surface area contributed by atoms with E-state index >= 15 is 0 Å². The van der Waals surface area contributed by atoms with Gasteiger partial charge in [-0.25, -0.2) is 0 Å². The van der Waals surface area contributed by atoms with Gasteiger partial charge in [0.05, 0.1) is 19.1 Å². The summed E-state index contributed by atoms with van der Waals surface area (Å²) in [6, 6.07) is -0.352. The third-order valence-electron chi connectivity index (χ3n) is 2.33. The third-order valence-corrected chi connectivity index (χ3v) is 2.33. The Morgan fingerprint density at radius 3 is 2.36 bits per heavy atom. The van der Waals surface area contributed by atoms with Crippen molar-refractivity contribution < 1.29 is 14.4 Å². The molecule has 1 saturated heterocycles. The van der Waals surface area contributed by atoms with Gasteiger partial charge in [0.2, 0.25) is 11.8 Å². The molecule has 14 heavy (non-hydrogen) atoms. The lowest BCUT2D eigenvalue weighted by Crippen LogP contribution is -2.55. The number of carbonyl (C=O) groups excluding carboxylic acids is 3. The predicted octanol–water partition coefficient (Wildman–Crippen LogP) is -0.688. The number of hydrogen-bond donors (Lipinski definition) is 1. The van der Waals surface area contributed by atoms with Crippen molar-refractivity contribution in [3.63, 3.8) is 0 Å². The molecule has 0 bridgehead atoms. The number of carbonyl (C=O) groups is 3. The predicted molar refractivity (Wildman–Crippen MR) is 49.5 cm³/mol. The highest BCUT2D eigenvalue weighted by atomic mass is 16.2. The summed E-state index contributed by atoms with van der Waals surface area (Å²) in [7, 11) is 0. The van der Waals surface area contributed by atoms with E-state index in [1.165, 1.54) is 0 Å². The number of Topliss-reactive ketones (excluding diaryl/α,β-unsaturated/α-hetero) is 1. The number of hydrogen-bond acceptors (Lipinski definition) is 4. The molecule has 0 aliphatic carbocycles. The first-order valence-electron chi connectivity index (χ1n) is 4.64. The lowest BCUT2D eigenvalue weighted by molar-refractivity contribution is -0.138. The van der Waals surface area contributed by atoms with Crippen molar-refractivity contribution in [2.45, 2.75) is 26.3 Å². The zero-order valence-electron chi connectivity index (χ0n) is 8.37. The molecule has 2 amide bonds. The fourth-order valence-corrected chi connectivity index (χ4v) is 1.43. The van der Waals surface area contributed by atoms with Crippen molar-refractivity contribution in [3.05, 3.63) is 0 Å². The summed E-state index contributed by atoms with van der Waals surface area (Å²) in [5, 5.41) is 2.19. The Morgan fingerprint density at radius 1 is 1.43 bits per heavy atom. The van der Waals surface area contributed by atoms with Crippen LogP contribution in [0.2, 0.25) is 0 Å². The van der Waals surface area contributed by atoms with Gasteiger partial charge in [0.15, 0.2) is 0 Å². The molecule has 0 aromatic heterocycles. The largest absolute Gasteiger partial charge is 0.298 e. The zero-order valence-corrected chi connectivity index (χ0v) is 8.37. The van der Waals surface area contributed by atoms with Crippen LogP contribution in [-0.4, -0.2) is 41.6 Å². The number of imide groups is 1. The molecule has 1 rings (SSSR count). The van der Waals surface area contributed by atoms with Gasteiger partial charge in [-0.2, -0.15) is 0 Å². The monoisotopic (exact) mass is 198 g/mol. The van der Waals surface area contributed by atoms with E-state index in [-0.39, 0.29) is 36.7 Å². The van der Waals surface area contributed by atoms with Crippen molar-refractivity contribution in [3.8, 4) is 0 Å². The minimum atomic E-state index is -0.352. The SMILES string of the molecule is CCC(=O)C(C)N1CC(=O)NC(=O)C1. The summed E-state index contributed by atoms with van der Waals surface area (Å²) >= 11 is 0. The highest BCUT2D eigenvalue weighted by Gasteiger charge is 2.28. The zero-order chi connectivity index (χ0) is 10.7. The minimum Gasteiger partial charge on any atom is -0.298 e. The van der Waals surface area contributed by atoms with Crippen LogP contribution in [-0.2, 0) is 14.4 Å². The maximum atomic E-state index is 11.3. The van der Waals surface area contributed by atoms with Crippen LogP contribution >= 0.6 is 0 Å². The number of rotatable bonds is 3. The first-order valence-corrected chi connectivity index (χ1v) is 4.64. The quantitative estimate of drug-likeness (QED) is 0.610. The van der Waals surface area contributed by atoms with Crippen LogP contribution in [0.4, 0.5) is 0 Å². The second-order valence-corrected chi connectivity index (χ2v) is 3.37. The van der Waals surface area contributed by atoms with Crippen LogP contribution < -0.4 is 5.32 Å². The molecule has 5 nitrogen and oxygen atoms in total. The Hall–Kier alpha value is -1.23. The minimum absolute atomic E-state index is 0.0486. The highest BCUT2D eigenvalue weighted by molar-refractivity contribution is 6.00. The Kier molecular flexibility index (Phi) is 3.35. The van der Waals surface area contributed by atoms with E-state index < -0.39 is 0 Å². The molecular formula is C9H14N2O3. The van der Waals surface area contributed by atoms with Crippen LogP contribution in [0, 0.1) is 0 Å². The van der Waals surface area contributed by atoms with E-state index in [9.17, 15) is 14.4 Å². The van der Waals surface area contributed by atoms with Crippen LogP contribution in [0.3, 0.4) is 0 Å². The van der Waals surface area contributed by atoms with Gasteiger partial charge < -0.3 is 0 Å². The highest BCUT2D eigenvalue weighted by Crippen LogP contribution is 2.04. The average Bonchev–Trinajstić information content (AvgIpc) is 2.14. The van der Waals surface area contributed by atoms with Crippen molar-refractivity contribution in [1.82, 2.24) is 10.2 Å². The van der Waals surface area contributed by atoms with Gasteiger partial charge in [-0.05, 0) is 6.92 Å². The van der Waals surface area contributed by atoms with Gasteiger partial charge in [0, 0.05) is 6.42 Å². The smallest absolute Gasteiger partial charge is 0.240 e. The van der Waals surface area contributed by atoms with Gasteiger partial charge in [0.25, 0.3) is 0 Å². The maximum Gasteiger partial charge on any atom is 0.240 e. The molecule has 1 heterocycles. The molecule has 0 spiro atoms. The second-order valence-electron chi connectivity index (χ2n) is 3.37. The lowest BCUT2D eigenvalue weighted by atomic mass is 10.1. The number of amides is 2. The van der Waals surface area contributed by atoms with Crippen molar-refractivity contribution in [1.29, 1.82) is 0 Å². The summed E-state index contributed by atoms with van der Waals surface area (Å²) in [6.45, 7) is 3.74. The normalized spacial score (nSPS) is 20.4. The topological polar surface area (TPSA) is 66.5 Å². The molecule has 5 heteroatoms. The molecule has 0 aromatic carbocycles. The average molecular weight is 198 g/mol. The molecule has 0 radical (unpaired) electrons. The van der Waals surface area contributed by atoms with E-state index in [1.54, 1.807) is 18.7 Å². The molecule has 1 aliphatic heterocycles. The molecular weight excluding hydrogens is 184 g/mol. The Bertz CT molecular complexity index is 259. The molecule has 1 fully saturated rings. The molecule has 1 unspecified atom stereocenters. The van der Waals surface area contributed by atoms with Gasteiger partial charge in [-0.3, -0.25) is 24.6 Å². The molecule has 1 atom stereocenters. The summed E-state index contributed by atoms with van der Waals surface area (Å²) < 4.78 is 0. The summed E-state index contributed by atoms with van der Waals surface area (Å²) in [5.74, 6) is -0.624. The Balaban J connectivity index is 2.63. The third kappa shape index (κ3) is 2.38. The lowest BCUT2D eigenvalue weighted by Gasteiger charge is -2.29. The molecule has 1 N–H and O–H groups in total. The summed E-state index contributed by atoms with van der Waals surface area (Å²) in [6.07, 6.45) is 0.424. The van der Waals surface area contributed by atoms with Gasteiger partial charge >= 0.3 is 0 Å².